The van der Waals surface area contributed by atoms with Crippen LogP contribution in [-0.4, -0.2) is 206 Å². The summed E-state index contributed by atoms with van der Waals surface area (Å²) in [7, 11) is 0. The van der Waals surface area contributed by atoms with Crippen molar-refractivity contribution in [3.63, 3.8) is 0 Å². The summed E-state index contributed by atoms with van der Waals surface area (Å²) in [4.78, 5) is 152. The normalized spacial score (nSPS) is 22.4. The number of carboxylic acid groups (broad SMARTS) is 2. The van der Waals surface area contributed by atoms with Gasteiger partial charge in [-0.1, -0.05) is 0 Å². The quantitative estimate of drug-likeness (QED) is 0.0259. The van der Waals surface area contributed by atoms with Crippen LogP contribution in [0.3, 0.4) is 0 Å². The third-order valence-electron chi connectivity index (χ3n) is 12.9. The molecule has 10 atom stereocenters. The number of nitrogens with zero attached hydrogens (tertiary/aromatic N) is 5. The van der Waals surface area contributed by atoms with Gasteiger partial charge in [0.25, 0.3) is 0 Å². The van der Waals surface area contributed by atoms with Crippen LogP contribution in [0.25, 0.3) is 0 Å². The molecule has 9 amide bonds. The Labute approximate surface area is 404 Å². The maximum atomic E-state index is 14.0. The Hall–Kier alpha value is -6.64. The molecule has 0 bridgehead atoms. The average Bonchev–Trinajstić information content (AvgIpc) is 4.16. The van der Waals surface area contributed by atoms with Gasteiger partial charge >= 0.3 is 11.9 Å². The van der Waals surface area contributed by atoms with Gasteiger partial charge in [0.05, 0.1) is 18.7 Å². The van der Waals surface area contributed by atoms with Crippen LogP contribution >= 0.6 is 0 Å². The zero-order valence-corrected chi connectivity index (χ0v) is 39.8. The number of aliphatic carboxylic acids is 2. The lowest BCUT2D eigenvalue weighted by Gasteiger charge is -2.33. The molecule has 4 fully saturated rings. The number of hydrogen-bond acceptors (Lipinski definition) is 14. The zero-order chi connectivity index (χ0) is 52.0. The highest BCUT2D eigenvalue weighted by molar-refractivity contribution is 5.98. The molecule has 4 saturated heterocycles. The van der Waals surface area contributed by atoms with E-state index in [1.54, 1.807) is 0 Å². The molecule has 0 spiro atoms. The Balaban J connectivity index is 1.29. The summed E-state index contributed by atoms with van der Waals surface area (Å²) >= 11 is 0. The predicted molar refractivity (Wildman–Crippen MR) is 245 cm³/mol. The van der Waals surface area contributed by atoms with Gasteiger partial charge in [0.2, 0.25) is 53.2 Å². The van der Waals surface area contributed by atoms with Crippen molar-refractivity contribution in [2.45, 2.75) is 158 Å². The number of nitrogens with one attached hydrogen (secondary N) is 5. The largest absolute Gasteiger partial charge is 0.481 e. The molecular weight excluding hydrogens is 923 g/mol. The molecule has 4 rings (SSSR count). The van der Waals surface area contributed by atoms with Gasteiger partial charge in [-0.2, -0.15) is 0 Å². The van der Waals surface area contributed by atoms with Crippen LogP contribution in [0.2, 0.25) is 0 Å². The third kappa shape index (κ3) is 14.9. The lowest BCUT2D eigenvalue weighted by atomic mass is 10.1. The first-order chi connectivity index (χ1) is 33.0. The van der Waals surface area contributed by atoms with Crippen molar-refractivity contribution < 1.29 is 68.1 Å². The molecule has 4 heterocycles. The van der Waals surface area contributed by atoms with Crippen molar-refractivity contribution in [3.8, 4) is 0 Å². The monoisotopic (exact) mass is 992 g/mol. The van der Waals surface area contributed by atoms with Gasteiger partial charge in [-0.15, -0.1) is 0 Å². The van der Waals surface area contributed by atoms with Gasteiger partial charge in [0.15, 0.2) is 5.96 Å². The van der Waals surface area contributed by atoms with Crippen molar-refractivity contribution in [1.29, 1.82) is 0 Å². The molecule has 0 unspecified atom stereocenters. The van der Waals surface area contributed by atoms with Gasteiger partial charge in [0, 0.05) is 39.1 Å². The summed E-state index contributed by atoms with van der Waals surface area (Å²) < 4.78 is 0. The molecule has 4 aliphatic heterocycles. The number of aliphatic imine (C=N–C) groups is 1. The first kappa shape index (κ1) is 56.0. The van der Waals surface area contributed by atoms with E-state index in [1.165, 1.54) is 40.4 Å². The number of likely N-dealkylation sites (tertiary alicyclic amines) is 4. The van der Waals surface area contributed by atoms with Crippen molar-refractivity contribution in [2.24, 2.45) is 22.2 Å². The zero-order valence-electron chi connectivity index (χ0n) is 39.8. The second kappa shape index (κ2) is 25.8. The van der Waals surface area contributed by atoms with Crippen LogP contribution in [-0.2, 0) is 52.7 Å². The number of carboxylic acids is 2. The number of hydrogen-bond donors (Lipinski definition) is 11. The summed E-state index contributed by atoms with van der Waals surface area (Å²) in [5, 5.41) is 41.2. The molecule has 0 aromatic rings. The Morgan fingerprint density at radius 3 is 1.73 bits per heavy atom. The van der Waals surface area contributed by atoms with Crippen molar-refractivity contribution in [1.82, 2.24) is 46.2 Å². The first-order valence-electron chi connectivity index (χ1n) is 23.7. The second-order valence-electron chi connectivity index (χ2n) is 18.1. The van der Waals surface area contributed by atoms with Gasteiger partial charge in [0.1, 0.15) is 48.3 Å². The van der Waals surface area contributed by atoms with E-state index in [0.717, 1.165) is 0 Å². The van der Waals surface area contributed by atoms with Crippen LogP contribution in [0, 0.1) is 0 Å². The number of rotatable bonds is 23. The summed E-state index contributed by atoms with van der Waals surface area (Å²) in [5.41, 5.74) is 16.8. The molecule has 0 radical (unpaired) electrons. The number of guanidine groups is 1. The predicted octanol–water partition coefficient (Wildman–Crippen LogP) is -5.24. The Bertz CT molecular complexity index is 2020. The number of carbonyl (C=O) groups excluding carboxylic acids is 9. The molecule has 0 aliphatic carbocycles. The molecular formula is C43H69N13O14. The Morgan fingerprint density at radius 1 is 0.629 bits per heavy atom. The fraction of sp³-hybridized carbons (Fsp3) is 0.721. The smallest absolute Gasteiger partial charge is 0.326 e. The van der Waals surface area contributed by atoms with Crippen LogP contribution in [0.4, 0.5) is 0 Å². The molecule has 27 heteroatoms. The number of amides is 9. The molecule has 27 nitrogen and oxygen atoms in total. The maximum absolute atomic E-state index is 14.0. The van der Waals surface area contributed by atoms with E-state index in [2.05, 4.69) is 31.6 Å². The third-order valence-corrected chi connectivity index (χ3v) is 12.9. The number of carbonyl (C=O) groups is 11. The lowest BCUT2D eigenvalue weighted by Crippen LogP contribution is -2.60. The summed E-state index contributed by atoms with van der Waals surface area (Å²) in [6, 6.07) is -10.4. The van der Waals surface area contributed by atoms with Crippen molar-refractivity contribution in [2.75, 3.05) is 39.3 Å². The number of aliphatic hydroxyl groups excluding tert-OH is 1. The fourth-order valence-electron chi connectivity index (χ4n) is 9.13. The van der Waals surface area contributed by atoms with E-state index in [-0.39, 0.29) is 64.2 Å². The topological polar surface area (TPSA) is 412 Å². The van der Waals surface area contributed by atoms with E-state index >= 15 is 0 Å². The van der Waals surface area contributed by atoms with Gasteiger partial charge in [-0.3, -0.25) is 52.9 Å². The molecule has 0 aromatic carbocycles. The molecule has 0 aromatic heterocycles. The molecule has 14 N–H and O–H groups in total. The van der Waals surface area contributed by atoms with E-state index in [4.69, 9.17) is 22.3 Å². The minimum absolute atomic E-state index is 0.0810. The van der Waals surface area contributed by atoms with Crippen LogP contribution in [0.15, 0.2) is 4.99 Å². The average molecular weight is 992 g/mol. The summed E-state index contributed by atoms with van der Waals surface area (Å²) in [6.45, 7) is 4.49. The van der Waals surface area contributed by atoms with Crippen molar-refractivity contribution in [3.05, 3.63) is 0 Å². The highest BCUT2D eigenvalue weighted by atomic mass is 16.4. The Kier molecular flexibility index (Phi) is 20.6. The van der Waals surface area contributed by atoms with E-state index < -0.39 is 139 Å². The van der Waals surface area contributed by atoms with E-state index in [1.807, 2.05) is 0 Å². The molecule has 0 saturated carbocycles. The number of aliphatic hydroxyl groups is 1. The SMILES string of the molecule is C[C@H](NC(=O)[C@@H]1CCCN1C(=O)[C@@H]1CCCN1C(=O)[C@H](C)NC(=O)[C@@H](NC(=O)[C@@H]1CCCN1C(=O)CNC(=O)[C@@H]1CCCN1C(=O)[C@@H](N)CCCN=C(N)N)[C@@H](C)O)C(=O)N[C@@H](CCC(=O)O)C(=O)O. The van der Waals surface area contributed by atoms with E-state index in [0.29, 0.717) is 45.1 Å². The minimum Gasteiger partial charge on any atom is -0.481 e. The first-order valence-corrected chi connectivity index (χ1v) is 23.7. The van der Waals surface area contributed by atoms with Crippen LogP contribution < -0.4 is 43.8 Å². The maximum Gasteiger partial charge on any atom is 0.326 e. The lowest BCUT2D eigenvalue weighted by molar-refractivity contribution is -0.148. The molecule has 70 heavy (non-hydrogen) atoms. The van der Waals surface area contributed by atoms with Crippen molar-refractivity contribution >= 4 is 71.1 Å². The second-order valence-corrected chi connectivity index (χ2v) is 18.1. The standard InChI is InChI=1S/C43H69N13O14/c1-22(34(61)51-26(42(69)70)14-15-32(59)60)49-36(63)29-12-7-19-55(29)41(68)30-13-8-20-56(30)39(66)23(2)50-38(65)33(24(3)57)52-37(64)28-11-5-17-53(28)31(58)21-48-35(62)27-10-6-18-54(27)40(67)25(44)9-4-16-47-43(45)46/h22-30,33,57H,4-21,44H2,1-3H3,(H,48,62)(H,49,63)(H,50,65)(H,51,61)(H,52,64)(H,59,60)(H,69,70)(H4,45,46,47)/t22-,23-,24+,25-,26-,27-,28-,29-,30-,33-/m0/s1. The van der Waals surface area contributed by atoms with E-state index in [9.17, 15) is 63.0 Å². The fourth-order valence-corrected chi connectivity index (χ4v) is 9.13. The minimum atomic E-state index is -1.58. The number of nitrogens with two attached hydrogens (primary N) is 3. The molecule has 4 aliphatic rings. The Morgan fingerprint density at radius 2 is 1.16 bits per heavy atom. The van der Waals surface area contributed by atoms with Crippen LogP contribution in [0.5, 0.6) is 0 Å². The molecule has 390 valence electrons. The summed E-state index contributed by atoms with van der Waals surface area (Å²) in [5.74, 6) is -8.80. The highest BCUT2D eigenvalue weighted by Gasteiger charge is 2.45. The highest BCUT2D eigenvalue weighted by Crippen LogP contribution is 2.26. The van der Waals surface area contributed by atoms with Gasteiger partial charge in [-0.05, 0) is 91.4 Å². The van der Waals surface area contributed by atoms with Crippen LogP contribution in [0.1, 0.15) is 97.8 Å². The van der Waals surface area contributed by atoms with Gasteiger partial charge in [-0.25, -0.2) is 4.79 Å². The van der Waals surface area contributed by atoms with Gasteiger partial charge < -0.3 is 78.7 Å². The summed E-state index contributed by atoms with van der Waals surface area (Å²) in [6.07, 6.45) is 1.21.